The van der Waals surface area contributed by atoms with Crippen LogP contribution in [0.1, 0.15) is 23.5 Å². The predicted molar refractivity (Wildman–Crippen MR) is 93.6 cm³/mol. The molecule has 0 radical (unpaired) electrons. The minimum absolute atomic E-state index is 0.104. The van der Waals surface area contributed by atoms with Gasteiger partial charge in [0.25, 0.3) is 0 Å². The predicted octanol–water partition coefficient (Wildman–Crippen LogP) is 5.75. The fourth-order valence-corrected chi connectivity index (χ4v) is 2.45. The number of aromatic nitrogens is 1. The molecule has 0 N–H and O–H groups in total. The van der Waals surface area contributed by atoms with Gasteiger partial charge in [-0.25, -0.2) is 4.39 Å². The average Bonchev–Trinajstić information content (AvgIpc) is 2.62. The number of nitrogens with zero attached hydrogens (tertiary/aromatic N) is 1. The number of hydrogen-bond acceptors (Lipinski definition) is 1. The van der Waals surface area contributed by atoms with Crippen LogP contribution in [0.2, 0.25) is 0 Å². The van der Waals surface area contributed by atoms with Gasteiger partial charge in [-0.15, -0.1) is 0 Å². The van der Waals surface area contributed by atoms with E-state index in [-0.39, 0.29) is 5.56 Å². The molecule has 1 aromatic heterocycles. The van der Waals surface area contributed by atoms with E-state index >= 15 is 0 Å². The fraction of sp³-hybridized carbons (Fsp3) is 0.190. The van der Waals surface area contributed by atoms with Gasteiger partial charge in [-0.2, -0.15) is 0 Å². The van der Waals surface area contributed by atoms with E-state index in [9.17, 15) is 4.39 Å². The van der Waals surface area contributed by atoms with Crippen LogP contribution in [0.5, 0.6) is 0 Å². The summed E-state index contributed by atoms with van der Waals surface area (Å²) in [5.74, 6) is -2.11. The highest BCUT2D eigenvalue weighted by molar-refractivity contribution is 5.70. The Labute approximate surface area is 141 Å². The van der Waals surface area contributed by atoms with Crippen molar-refractivity contribution in [2.75, 3.05) is 0 Å². The first-order valence-electron chi connectivity index (χ1n) is 9.02. The highest BCUT2D eigenvalue weighted by Crippen LogP contribution is 2.26. The molecule has 0 aliphatic carbocycles. The molecule has 0 aliphatic rings. The van der Waals surface area contributed by atoms with Gasteiger partial charge in [-0.3, -0.25) is 4.98 Å². The van der Waals surface area contributed by atoms with E-state index in [4.69, 9.17) is 4.11 Å². The lowest BCUT2D eigenvalue weighted by Gasteiger charge is -2.10. The number of benzene rings is 2. The van der Waals surface area contributed by atoms with Crippen LogP contribution in [0.15, 0.2) is 66.9 Å². The number of rotatable bonds is 4. The lowest BCUT2D eigenvalue weighted by molar-refractivity contribution is 0.574. The van der Waals surface area contributed by atoms with Crippen molar-refractivity contribution in [2.24, 2.45) is 5.89 Å². The van der Waals surface area contributed by atoms with Crippen LogP contribution in [0.25, 0.3) is 22.4 Å². The summed E-state index contributed by atoms with van der Waals surface area (Å²) in [5, 5.41) is 0. The molecule has 0 atom stereocenters. The van der Waals surface area contributed by atoms with Gasteiger partial charge in [-0.05, 0) is 53.2 Å². The standard InChI is InChI=1S/C21H20FN/c1-15(2)12-19-13-17(8-9-20(19)22)18-10-11-23-21(14-18)16-6-4-3-5-7-16/h3-11,13-15H,12H2,1-2H3/i12D2,15D. The molecule has 116 valence electrons. The van der Waals surface area contributed by atoms with Crippen molar-refractivity contribution in [2.45, 2.75) is 20.2 Å². The molecule has 0 spiro atoms. The summed E-state index contributed by atoms with van der Waals surface area (Å²) in [5.41, 5.74) is 3.16. The molecule has 1 heterocycles. The quantitative estimate of drug-likeness (QED) is 0.597. The Hall–Kier alpha value is -2.48. The summed E-state index contributed by atoms with van der Waals surface area (Å²) < 4.78 is 38.8. The minimum Gasteiger partial charge on any atom is -0.256 e. The zero-order valence-corrected chi connectivity index (χ0v) is 13.2. The van der Waals surface area contributed by atoms with Gasteiger partial charge < -0.3 is 0 Å². The Morgan fingerprint density at radius 1 is 1.00 bits per heavy atom. The van der Waals surface area contributed by atoms with Crippen molar-refractivity contribution in [3.63, 3.8) is 0 Å². The maximum absolute atomic E-state index is 14.3. The van der Waals surface area contributed by atoms with Crippen LogP contribution in [-0.4, -0.2) is 4.98 Å². The molecule has 0 saturated carbocycles. The third-order valence-corrected chi connectivity index (χ3v) is 3.51. The Kier molecular flexibility index (Phi) is 3.52. The van der Waals surface area contributed by atoms with Crippen molar-refractivity contribution in [3.05, 3.63) is 78.2 Å². The summed E-state index contributed by atoms with van der Waals surface area (Å²) >= 11 is 0. The maximum Gasteiger partial charge on any atom is 0.126 e. The van der Waals surface area contributed by atoms with E-state index in [1.165, 1.54) is 26.0 Å². The fourth-order valence-electron chi connectivity index (χ4n) is 2.45. The van der Waals surface area contributed by atoms with Gasteiger partial charge in [0.2, 0.25) is 0 Å². The van der Waals surface area contributed by atoms with Gasteiger partial charge in [0.15, 0.2) is 0 Å². The molecule has 0 bridgehead atoms. The largest absolute Gasteiger partial charge is 0.256 e. The Morgan fingerprint density at radius 2 is 1.74 bits per heavy atom. The van der Waals surface area contributed by atoms with Crippen molar-refractivity contribution >= 4 is 0 Å². The van der Waals surface area contributed by atoms with E-state index in [1.807, 2.05) is 42.5 Å². The highest BCUT2D eigenvalue weighted by atomic mass is 19.1. The molecule has 23 heavy (non-hydrogen) atoms. The second-order valence-corrected chi connectivity index (χ2v) is 5.62. The molecule has 0 fully saturated rings. The smallest absolute Gasteiger partial charge is 0.126 e. The Morgan fingerprint density at radius 3 is 2.48 bits per heavy atom. The van der Waals surface area contributed by atoms with Crippen LogP contribution >= 0.6 is 0 Å². The number of halogens is 1. The van der Waals surface area contributed by atoms with Crippen LogP contribution in [0, 0.1) is 11.7 Å². The van der Waals surface area contributed by atoms with E-state index in [0.717, 1.165) is 16.8 Å². The molecule has 0 unspecified atom stereocenters. The van der Waals surface area contributed by atoms with Crippen molar-refractivity contribution in [1.82, 2.24) is 4.98 Å². The van der Waals surface area contributed by atoms with Gasteiger partial charge in [-0.1, -0.05) is 50.2 Å². The van der Waals surface area contributed by atoms with Gasteiger partial charge in [0.1, 0.15) is 5.82 Å². The molecule has 2 aromatic carbocycles. The van der Waals surface area contributed by atoms with Crippen molar-refractivity contribution < 1.29 is 8.50 Å². The normalized spacial score (nSPS) is 14.0. The van der Waals surface area contributed by atoms with Gasteiger partial charge >= 0.3 is 0 Å². The van der Waals surface area contributed by atoms with Crippen LogP contribution in [-0.2, 0) is 6.37 Å². The van der Waals surface area contributed by atoms with Crippen LogP contribution in [0.3, 0.4) is 0 Å². The summed E-state index contributed by atoms with van der Waals surface area (Å²) in [6.07, 6.45) is -0.438. The van der Waals surface area contributed by atoms with E-state index in [2.05, 4.69) is 4.98 Å². The summed E-state index contributed by atoms with van der Waals surface area (Å²) in [6, 6.07) is 17.8. The third-order valence-electron chi connectivity index (χ3n) is 3.51. The summed E-state index contributed by atoms with van der Waals surface area (Å²) in [7, 11) is 0. The Balaban J connectivity index is 2.08. The molecule has 2 heteroatoms. The van der Waals surface area contributed by atoms with E-state index in [0.29, 0.717) is 5.56 Å². The van der Waals surface area contributed by atoms with Crippen molar-refractivity contribution in [1.29, 1.82) is 0 Å². The molecule has 0 saturated heterocycles. The van der Waals surface area contributed by atoms with Gasteiger partial charge in [0.05, 0.1) is 5.69 Å². The second-order valence-electron chi connectivity index (χ2n) is 5.62. The third kappa shape index (κ3) is 3.65. The van der Waals surface area contributed by atoms with Gasteiger partial charge in [0, 0.05) is 15.9 Å². The van der Waals surface area contributed by atoms with E-state index < -0.39 is 18.1 Å². The first kappa shape index (κ1) is 12.0. The number of hydrogen-bond donors (Lipinski definition) is 0. The zero-order chi connectivity index (χ0) is 18.9. The molecule has 0 amide bonds. The highest BCUT2D eigenvalue weighted by Gasteiger charge is 2.08. The summed E-state index contributed by atoms with van der Waals surface area (Å²) in [6.45, 7) is 2.89. The van der Waals surface area contributed by atoms with Crippen molar-refractivity contribution in [3.8, 4) is 22.4 Å². The Bertz CT molecular complexity index is 918. The zero-order valence-electron chi connectivity index (χ0n) is 16.2. The second kappa shape index (κ2) is 6.74. The molecule has 0 aliphatic heterocycles. The molecule has 3 aromatic rings. The van der Waals surface area contributed by atoms with Crippen LogP contribution in [0.4, 0.5) is 4.39 Å². The van der Waals surface area contributed by atoms with E-state index in [1.54, 1.807) is 12.3 Å². The average molecular weight is 308 g/mol. The molecular weight excluding hydrogens is 285 g/mol. The number of pyridine rings is 1. The molecule has 1 nitrogen and oxygen atoms in total. The lowest BCUT2D eigenvalue weighted by atomic mass is 9.97. The maximum atomic E-state index is 14.3. The van der Waals surface area contributed by atoms with Crippen LogP contribution < -0.4 is 0 Å². The minimum atomic E-state index is -2.12. The monoisotopic (exact) mass is 308 g/mol. The topological polar surface area (TPSA) is 12.9 Å². The SMILES string of the molecule is [2H]C(C)(C)C([2H])([2H])c1cc(-c2ccnc(-c3ccccc3)c2)ccc1F. The first-order chi connectivity index (χ1) is 12.2. The summed E-state index contributed by atoms with van der Waals surface area (Å²) in [4.78, 5) is 4.38. The molecular formula is C21H20FN. The lowest BCUT2D eigenvalue weighted by Crippen LogP contribution is -1.98. The molecule has 3 rings (SSSR count). The first-order valence-corrected chi connectivity index (χ1v) is 7.52.